The Hall–Kier alpha value is -1.11. The summed E-state index contributed by atoms with van der Waals surface area (Å²) in [4.78, 5) is 0. The van der Waals surface area contributed by atoms with E-state index < -0.39 is 12.3 Å². The standard InChI is InChI=1S/C9H9F2NO3.ClH/c10-9(11)14-7-3-1-2-5(6(12)4-13)8(7)15-9;/h1-3,6,13H,4,12H2;1H/t6-;/m1./s1. The third kappa shape index (κ3) is 2.18. The van der Waals surface area contributed by atoms with Crippen LogP contribution in [0.3, 0.4) is 0 Å². The predicted molar refractivity (Wildman–Crippen MR) is 53.9 cm³/mol. The van der Waals surface area contributed by atoms with Crippen molar-refractivity contribution in [2.24, 2.45) is 5.73 Å². The molecule has 1 atom stereocenters. The molecule has 1 aromatic carbocycles. The minimum Gasteiger partial charge on any atom is -0.395 e. The van der Waals surface area contributed by atoms with Crippen LogP contribution in [0.15, 0.2) is 18.2 Å². The molecule has 0 unspecified atom stereocenters. The zero-order valence-electron chi connectivity index (χ0n) is 8.02. The van der Waals surface area contributed by atoms with Gasteiger partial charge < -0.3 is 20.3 Å². The van der Waals surface area contributed by atoms with Gasteiger partial charge in [0.1, 0.15) is 0 Å². The number of rotatable bonds is 2. The van der Waals surface area contributed by atoms with Gasteiger partial charge in [0.25, 0.3) is 0 Å². The topological polar surface area (TPSA) is 64.7 Å². The van der Waals surface area contributed by atoms with Gasteiger partial charge in [0.2, 0.25) is 0 Å². The lowest BCUT2D eigenvalue weighted by molar-refractivity contribution is -0.287. The van der Waals surface area contributed by atoms with E-state index in [1.807, 2.05) is 0 Å². The van der Waals surface area contributed by atoms with Crippen molar-refractivity contribution in [3.63, 3.8) is 0 Å². The number of para-hydroxylation sites is 1. The summed E-state index contributed by atoms with van der Waals surface area (Å²) in [6, 6.07) is 3.60. The quantitative estimate of drug-likeness (QED) is 0.837. The van der Waals surface area contributed by atoms with Gasteiger partial charge in [-0.2, -0.15) is 0 Å². The van der Waals surface area contributed by atoms with E-state index in [2.05, 4.69) is 9.47 Å². The first-order valence-electron chi connectivity index (χ1n) is 4.28. The molecule has 0 amide bonds. The Morgan fingerprint density at radius 1 is 1.38 bits per heavy atom. The molecule has 1 aliphatic rings. The number of aliphatic hydroxyl groups excluding tert-OH is 1. The van der Waals surface area contributed by atoms with Crippen LogP contribution in [-0.4, -0.2) is 18.0 Å². The molecule has 0 saturated heterocycles. The lowest BCUT2D eigenvalue weighted by Crippen LogP contribution is -2.26. The summed E-state index contributed by atoms with van der Waals surface area (Å²) in [5.41, 5.74) is 5.82. The SMILES string of the molecule is Cl.N[C@H](CO)c1cccc2c1OC(F)(F)O2. The van der Waals surface area contributed by atoms with Gasteiger partial charge in [-0.15, -0.1) is 21.2 Å². The fraction of sp³-hybridized carbons (Fsp3) is 0.333. The molecule has 0 aromatic heterocycles. The third-order valence-corrected chi connectivity index (χ3v) is 2.06. The Bertz CT molecular complexity index is 389. The molecule has 0 radical (unpaired) electrons. The average molecular weight is 254 g/mol. The predicted octanol–water partition coefficient (Wildman–Crippen LogP) is 1.42. The number of alkyl halides is 2. The van der Waals surface area contributed by atoms with Crippen LogP contribution in [0.5, 0.6) is 11.5 Å². The number of fused-ring (bicyclic) bond motifs is 1. The largest absolute Gasteiger partial charge is 0.586 e. The van der Waals surface area contributed by atoms with Gasteiger partial charge >= 0.3 is 6.29 Å². The Morgan fingerprint density at radius 2 is 2.06 bits per heavy atom. The van der Waals surface area contributed by atoms with E-state index in [4.69, 9.17) is 10.8 Å². The molecule has 0 saturated carbocycles. The molecular weight excluding hydrogens is 244 g/mol. The number of hydrogen-bond donors (Lipinski definition) is 2. The van der Waals surface area contributed by atoms with Crippen molar-refractivity contribution in [1.29, 1.82) is 0 Å². The summed E-state index contributed by atoms with van der Waals surface area (Å²) in [5.74, 6) is -0.176. The fourth-order valence-corrected chi connectivity index (χ4v) is 1.38. The van der Waals surface area contributed by atoms with E-state index in [0.29, 0.717) is 5.56 Å². The Labute approximate surface area is 96.4 Å². The second-order valence-corrected chi connectivity index (χ2v) is 3.13. The summed E-state index contributed by atoms with van der Waals surface area (Å²) >= 11 is 0. The highest BCUT2D eigenvalue weighted by Crippen LogP contribution is 2.44. The van der Waals surface area contributed by atoms with Gasteiger partial charge in [-0.3, -0.25) is 0 Å². The summed E-state index contributed by atoms with van der Waals surface area (Å²) < 4.78 is 34.0. The van der Waals surface area contributed by atoms with E-state index in [1.165, 1.54) is 18.2 Å². The van der Waals surface area contributed by atoms with Crippen LogP contribution < -0.4 is 15.2 Å². The number of nitrogens with two attached hydrogens (primary N) is 1. The molecular formula is C9H10ClF2NO3. The van der Waals surface area contributed by atoms with Crippen LogP contribution in [-0.2, 0) is 0 Å². The van der Waals surface area contributed by atoms with Crippen LogP contribution in [0.2, 0.25) is 0 Å². The smallest absolute Gasteiger partial charge is 0.395 e. The van der Waals surface area contributed by atoms with Crippen LogP contribution in [0.25, 0.3) is 0 Å². The molecule has 1 heterocycles. The van der Waals surface area contributed by atoms with Crippen molar-refractivity contribution in [3.05, 3.63) is 23.8 Å². The van der Waals surface area contributed by atoms with Gasteiger partial charge in [0.15, 0.2) is 11.5 Å². The molecule has 16 heavy (non-hydrogen) atoms. The minimum atomic E-state index is -3.66. The lowest BCUT2D eigenvalue weighted by atomic mass is 10.1. The number of ether oxygens (including phenoxy) is 2. The molecule has 90 valence electrons. The van der Waals surface area contributed by atoms with E-state index in [9.17, 15) is 8.78 Å². The van der Waals surface area contributed by atoms with Gasteiger partial charge in [0, 0.05) is 5.56 Å². The maximum atomic E-state index is 12.7. The zero-order valence-corrected chi connectivity index (χ0v) is 8.84. The normalized spacial score (nSPS) is 17.8. The second kappa shape index (κ2) is 4.40. The molecule has 1 aliphatic heterocycles. The summed E-state index contributed by atoms with van der Waals surface area (Å²) in [7, 11) is 0. The maximum absolute atomic E-state index is 12.7. The molecule has 0 aliphatic carbocycles. The Balaban J connectivity index is 0.00000128. The summed E-state index contributed by atoms with van der Waals surface area (Å²) in [6.07, 6.45) is -3.66. The van der Waals surface area contributed by atoms with Crippen molar-refractivity contribution < 1.29 is 23.4 Å². The summed E-state index contributed by atoms with van der Waals surface area (Å²) in [6.45, 7) is -0.356. The Kier molecular flexibility index (Phi) is 3.57. The number of benzene rings is 1. The van der Waals surface area contributed by atoms with Crippen LogP contribution in [0.1, 0.15) is 11.6 Å². The van der Waals surface area contributed by atoms with Gasteiger partial charge in [-0.25, -0.2) is 0 Å². The van der Waals surface area contributed by atoms with Crippen molar-refractivity contribution in [1.82, 2.24) is 0 Å². The first kappa shape index (κ1) is 13.0. The highest BCUT2D eigenvalue weighted by molar-refractivity contribution is 5.85. The van der Waals surface area contributed by atoms with Crippen molar-refractivity contribution in [3.8, 4) is 11.5 Å². The second-order valence-electron chi connectivity index (χ2n) is 3.13. The first-order chi connectivity index (χ1) is 7.03. The fourth-order valence-electron chi connectivity index (χ4n) is 1.38. The molecule has 0 fully saturated rings. The minimum absolute atomic E-state index is 0. The van der Waals surface area contributed by atoms with Crippen LogP contribution in [0.4, 0.5) is 8.78 Å². The van der Waals surface area contributed by atoms with Crippen LogP contribution in [0, 0.1) is 0 Å². The van der Waals surface area contributed by atoms with Gasteiger partial charge in [0.05, 0.1) is 12.6 Å². The Morgan fingerprint density at radius 3 is 2.69 bits per heavy atom. The highest BCUT2D eigenvalue weighted by Gasteiger charge is 2.44. The van der Waals surface area contributed by atoms with Crippen molar-refractivity contribution >= 4 is 12.4 Å². The number of hydrogen-bond acceptors (Lipinski definition) is 4. The van der Waals surface area contributed by atoms with E-state index in [0.717, 1.165) is 0 Å². The maximum Gasteiger partial charge on any atom is 0.586 e. The third-order valence-electron chi connectivity index (χ3n) is 2.06. The average Bonchev–Trinajstić information content (AvgIpc) is 2.49. The first-order valence-corrected chi connectivity index (χ1v) is 4.28. The number of aliphatic hydroxyl groups is 1. The molecule has 3 N–H and O–H groups in total. The van der Waals surface area contributed by atoms with E-state index >= 15 is 0 Å². The van der Waals surface area contributed by atoms with Crippen molar-refractivity contribution in [2.75, 3.05) is 6.61 Å². The van der Waals surface area contributed by atoms with Gasteiger partial charge in [-0.05, 0) is 6.07 Å². The zero-order chi connectivity index (χ0) is 11.1. The highest BCUT2D eigenvalue weighted by atomic mass is 35.5. The molecule has 0 spiro atoms. The molecule has 4 nitrogen and oxygen atoms in total. The van der Waals surface area contributed by atoms with Crippen molar-refractivity contribution in [2.45, 2.75) is 12.3 Å². The molecule has 2 rings (SSSR count). The monoisotopic (exact) mass is 253 g/mol. The van der Waals surface area contributed by atoms with Crippen LogP contribution >= 0.6 is 12.4 Å². The summed E-state index contributed by atoms with van der Waals surface area (Å²) in [5, 5.41) is 8.84. The van der Waals surface area contributed by atoms with E-state index in [1.54, 1.807) is 0 Å². The number of halogens is 3. The molecule has 0 bridgehead atoms. The molecule has 7 heteroatoms. The lowest BCUT2D eigenvalue weighted by Gasteiger charge is -2.11. The molecule has 1 aromatic rings. The van der Waals surface area contributed by atoms with Gasteiger partial charge in [-0.1, -0.05) is 12.1 Å². The van der Waals surface area contributed by atoms with E-state index in [-0.39, 0.29) is 30.5 Å².